The van der Waals surface area contributed by atoms with Gasteiger partial charge in [-0.15, -0.1) is 12.3 Å². The minimum atomic E-state index is 0.587. The van der Waals surface area contributed by atoms with E-state index in [0.717, 1.165) is 12.8 Å². The topological polar surface area (TPSA) is 12.0 Å². The monoisotopic (exact) mass is 165 g/mol. The van der Waals surface area contributed by atoms with Crippen molar-refractivity contribution in [2.24, 2.45) is 5.41 Å². The van der Waals surface area contributed by atoms with E-state index in [-0.39, 0.29) is 0 Å². The second-order valence-electron chi connectivity index (χ2n) is 4.09. The lowest BCUT2D eigenvalue weighted by Gasteiger charge is -2.22. The first-order valence-corrected chi connectivity index (χ1v) is 4.83. The van der Waals surface area contributed by atoms with E-state index in [1.54, 1.807) is 0 Å². The second-order valence-corrected chi connectivity index (χ2v) is 4.09. The molecule has 0 heterocycles. The summed E-state index contributed by atoms with van der Waals surface area (Å²) in [6.45, 7) is 2.37. The summed E-state index contributed by atoms with van der Waals surface area (Å²) in [5, 5.41) is 3.39. The first-order valence-electron chi connectivity index (χ1n) is 4.83. The zero-order chi connectivity index (χ0) is 9.03. The highest BCUT2D eigenvalue weighted by molar-refractivity contribution is 4.98. The van der Waals surface area contributed by atoms with Crippen LogP contribution in [0.3, 0.4) is 0 Å². The second kappa shape index (κ2) is 3.96. The van der Waals surface area contributed by atoms with Crippen LogP contribution in [0.4, 0.5) is 0 Å². The number of hydrogen-bond acceptors (Lipinski definition) is 1. The summed E-state index contributed by atoms with van der Waals surface area (Å²) in [4.78, 5) is 0. The van der Waals surface area contributed by atoms with Crippen LogP contribution >= 0.6 is 0 Å². The molecule has 12 heavy (non-hydrogen) atoms. The standard InChI is InChI=1S/C11H19N/c1-4-5-6-7-10(12-3)11(2)8-9-11/h1,10,12H,5-9H2,2-3H3. The van der Waals surface area contributed by atoms with Gasteiger partial charge >= 0.3 is 0 Å². The molecule has 0 aromatic heterocycles. The Morgan fingerprint density at radius 3 is 2.67 bits per heavy atom. The molecule has 1 aliphatic carbocycles. The zero-order valence-electron chi connectivity index (χ0n) is 8.19. The Kier molecular flexibility index (Phi) is 3.17. The maximum atomic E-state index is 5.21. The smallest absolute Gasteiger partial charge is 0.0118 e. The van der Waals surface area contributed by atoms with Crippen LogP contribution in [0.5, 0.6) is 0 Å². The lowest BCUT2D eigenvalue weighted by Crippen LogP contribution is -2.33. The largest absolute Gasteiger partial charge is 0.316 e. The minimum absolute atomic E-state index is 0.587. The molecule has 1 heteroatoms. The minimum Gasteiger partial charge on any atom is -0.316 e. The van der Waals surface area contributed by atoms with Gasteiger partial charge in [0.25, 0.3) is 0 Å². The molecule has 1 nitrogen and oxygen atoms in total. The van der Waals surface area contributed by atoms with E-state index in [2.05, 4.69) is 25.2 Å². The highest BCUT2D eigenvalue weighted by Gasteiger charge is 2.43. The summed E-state index contributed by atoms with van der Waals surface area (Å²) in [6, 6.07) is 0.686. The summed E-state index contributed by atoms with van der Waals surface area (Å²) in [6.07, 6.45) is 11.3. The van der Waals surface area contributed by atoms with Gasteiger partial charge in [-0.3, -0.25) is 0 Å². The summed E-state index contributed by atoms with van der Waals surface area (Å²) < 4.78 is 0. The van der Waals surface area contributed by atoms with Gasteiger partial charge in [0.2, 0.25) is 0 Å². The fourth-order valence-corrected chi connectivity index (χ4v) is 1.80. The molecular weight excluding hydrogens is 146 g/mol. The van der Waals surface area contributed by atoms with E-state index >= 15 is 0 Å². The van der Waals surface area contributed by atoms with Crippen LogP contribution in [-0.2, 0) is 0 Å². The fourth-order valence-electron chi connectivity index (χ4n) is 1.80. The molecule has 0 aromatic rings. The van der Waals surface area contributed by atoms with Gasteiger partial charge in [0.05, 0.1) is 0 Å². The molecule has 1 fully saturated rings. The van der Waals surface area contributed by atoms with Gasteiger partial charge in [-0.05, 0) is 38.1 Å². The van der Waals surface area contributed by atoms with Gasteiger partial charge in [-0.2, -0.15) is 0 Å². The normalized spacial score (nSPS) is 21.4. The lowest BCUT2D eigenvalue weighted by atomic mass is 9.94. The first kappa shape index (κ1) is 9.61. The highest BCUT2D eigenvalue weighted by atomic mass is 14.9. The molecule has 0 saturated heterocycles. The van der Waals surface area contributed by atoms with Crippen molar-refractivity contribution in [2.75, 3.05) is 7.05 Å². The number of nitrogens with one attached hydrogen (secondary N) is 1. The van der Waals surface area contributed by atoms with Crippen molar-refractivity contribution in [3.63, 3.8) is 0 Å². The molecule has 1 atom stereocenters. The molecule has 0 amide bonds. The Balaban J connectivity index is 2.23. The maximum Gasteiger partial charge on any atom is 0.0118 e. The molecule has 68 valence electrons. The number of terminal acetylenes is 1. The van der Waals surface area contributed by atoms with Crippen molar-refractivity contribution < 1.29 is 0 Å². The van der Waals surface area contributed by atoms with Crippen LogP contribution in [0.25, 0.3) is 0 Å². The molecule has 1 unspecified atom stereocenters. The SMILES string of the molecule is C#CCCCC(NC)C1(C)CC1. The Morgan fingerprint density at radius 1 is 1.58 bits per heavy atom. The summed E-state index contributed by atoms with van der Waals surface area (Å²) in [5.41, 5.74) is 0.587. The molecule has 0 aliphatic heterocycles. The number of hydrogen-bond donors (Lipinski definition) is 1. The van der Waals surface area contributed by atoms with E-state index in [1.807, 2.05) is 0 Å². The van der Waals surface area contributed by atoms with Crippen molar-refractivity contribution in [3.05, 3.63) is 0 Å². The highest BCUT2D eigenvalue weighted by Crippen LogP contribution is 2.49. The van der Waals surface area contributed by atoms with Gasteiger partial charge in [-0.25, -0.2) is 0 Å². The molecule has 1 aliphatic rings. The van der Waals surface area contributed by atoms with E-state index in [4.69, 9.17) is 6.42 Å². The summed E-state index contributed by atoms with van der Waals surface area (Å²) >= 11 is 0. The Morgan fingerprint density at radius 2 is 2.25 bits per heavy atom. The molecule has 0 bridgehead atoms. The molecule has 0 spiro atoms. The molecule has 0 radical (unpaired) electrons. The molecule has 0 aromatic carbocycles. The van der Waals surface area contributed by atoms with Crippen molar-refractivity contribution in [1.29, 1.82) is 0 Å². The van der Waals surface area contributed by atoms with Crippen molar-refractivity contribution in [2.45, 2.75) is 45.1 Å². The van der Waals surface area contributed by atoms with Gasteiger partial charge < -0.3 is 5.32 Å². The van der Waals surface area contributed by atoms with E-state index in [9.17, 15) is 0 Å². The fraction of sp³-hybridized carbons (Fsp3) is 0.818. The van der Waals surface area contributed by atoms with E-state index in [0.29, 0.717) is 11.5 Å². The average Bonchev–Trinajstić information content (AvgIpc) is 2.78. The van der Waals surface area contributed by atoms with Gasteiger partial charge in [0.15, 0.2) is 0 Å². The van der Waals surface area contributed by atoms with Crippen LogP contribution < -0.4 is 5.32 Å². The maximum absolute atomic E-state index is 5.21. The lowest BCUT2D eigenvalue weighted by molar-refractivity contribution is 0.352. The third-order valence-corrected chi connectivity index (χ3v) is 3.04. The quantitative estimate of drug-likeness (QED) is 0.486. The van der Waals surface area contributed by atoms with Crippen LogP contribution in [0.15, 0.2) is 0 Å². The van der Waals surface area contributed by atoms with E-state index in [1.165, 1.54) is 19.3 Å². The molecule has 1 N–H and O–H groups in total. The summed E-state index contributed by atoms with van der Waals surface area (Å²) in [5.74, 6) is 2.69. The Hall–Kier alpha value is -0.480. The van der Waals surface area contributed by atoms with Gasteiger partial charge in [0, 0.05) is 12.5 Å². The third kappa shape index (κ3) is 2.25. The van der Waals surface area contributed by atoms with Gasteiger partial charge in [0.1, 0.15) is 0 Å². The van der Waals surface area contributed by atoms with Crippen LogP contribution in [0, 0.1) is 17.8 Å². The number of unbranched alkanes of at least 4 members (excludes halogenated alkanes) is 1. The first-order chi connectivity index (χ1) is 5.73. The van der Waals surface area contributed by atoms with Crippen molar-refractivity contribution >= 4 is 0 Å². The van der Waals surface area contributed by atoms with Crippen LogP contribution in [-0.4, -0.2) is 13.1 Å². The summed E-state index contributed by atoms with van der Waals surface area (Å²) in [7, 11) is 2.06. The molecular formula is C11H19N. The Labute approximate surface area is 75.9 Å². The van der Waals surface area contributed by atoms with Crippen LogP contribution in [0.2, 0.25) is 0 Å². The zero-order valence-corrected chi connectivity index (χ0v) is 8.19. The van der Waals surface area contributed by atoms with Crippen LogP contribution in [0.1, 0.15) is 39.0 Å². The van der Waals surface area contributed by atoms with Crippen molar-refractivity contribution in [1.82, 2.24) is 5.32 Å². The third-order valence-electron chi connectivity index (χ3n) is 3.04. The van der Waals surface area contributed by atoms with E-state index < -0.39 is 0 Å². The predicted octanol–water partition coefficient (Wildman–Crippen LogP) is 2.18. The Bertz CT molecular complexity index is 174. The molecule has 1 saturated carbocycles. The average molecular weight is 165 g/mol. The predicted molar refractivity (Wildman–Crippen MR) is 52.9 cm³/mol. The van der Waals surface area contributed by atoms with Gasteiger partial charge in [-0.1, -0.05) is 6.92 Å². The molecule has 1 rings (SSSR count). The van der Waals surface area contributed by atoms with Crippen molar-refractivity contribution in [3.8, 4) is 12.3 Å². The number of rotatable bonds is 5.